The van der Waals surface area contributed by atoms with Crippen molar-refractivity contribution in [1.82, 2.24) is 10.1 Å². The van der Waals surface area contributed by atoms with E-state index in [9.17, 15) is 9.59 Å². The number of carbonyl (C=O) groups excluding carboxylic acids is 2. The molecule has 1 amide bonds. The normalized spacial score (nSPS) is 10.8. The number of para-hydroxylation sites is 1. The fourth-order valence-corrected chi connectivity index (χ4v) is 3.47. The van der Waals surface area contributed by atoms with Crippen molar-refractivity contribution in [3.63, 3.8) is 0 Å². The molecule has 0 aliphatic rings. The minimum Gasteiger partial charge on any atom is -0.455 e. The molecule has 0 radical (unpaired) electrons. The van der Waals surface area contributed by atoms with E-state index in [1.807, 2.05) is 48.7 Å². The van der Waals surface area contributed by atoms with E-state index < -0.39 is 11.9 Å². The van der Waals surface area contributed by atoms with E-state index in [2.05, 4.69) is 15.5 Å². The number of benzene rings is 2. The predicted molar refractivity (Wildman–Crippen MR) is 110 cm³/mol. The van der Waals surface area contributed by atoms with Gasteiger partial charge in [0.1, 0.15) is 5.69 Å². The Morgan fingerprint density at radius 1 is 1.17 bits per heavy atom. The molecule has 0 bridgehead atoms. The maximum absolute atomic E-state index is 12.1. The van der Waals surface area contributed by atoms with E-state index >= 15 is 0 Å². The monoisotopic (exact) mass is 407 g/mol. The lowest BCUT2D eigenvalue weighted by atomic mass is 10.1. The smallest absolute Gasteiger partial charge is 0.312 e. The average molecular weight is 407 g/mol. The highest BCUT2D eigenvalue weighted by Crippen LogP contribution is 2.24. The van der Waals surface area contributed by atoms with Crippen molar-refractivity contribution in [3.05, 3.63) is 64.6 Å². The second-order valence-corrected chi connectivity index (χ2v) is 7.41. The number of ether oxygens (including phenoxy) is 1. The second kappa shape index (κ2) is 8.24. The van der Waals surface area contributed by atoms with Gasteiger partial charge in [0, 0.05) is 22.0 Å². The zero-order valence-electron chi connectivity index (χ0n) is 15.5. The molecule has 4 rings (SSSR count). The Balaban J connectivity index is 1.32. The van der Waals surface area contributed by atoms with Crippen LogP contribution in [0.4, 0.5) is 5.69 Å². The van der Waals surface area contributed by atoms with Crippen LogP contribution in [-0.4, -0.2) is 28.6 Å². The molecule has 0 saturated heterocycles. The number of fused-ring (bicyclic) bond motifs is 1. The molecule has 2 heterocycles. The molecule has 2 aromatic heterocycles. The molecular formula is C21H17N3O4S. The summed E-state index contributed by atoms with van der Waals surface area (Å²) < 4.78 is 10.2. The van der Waals surface area contributed by atoms with Crippen LogP contribution in [0.3, 0.4) is 0 Å². The number of amides is 1. The van der Waals surface area contributed by atoms with Crippen LogP contribution in [-0.2, 0) is 20.7 Å². The summed E-state index contributed by atoms with van der Waals surface area (Å²) in [4.78, 5) is 28.6. The number of rotatable bonds is 6. The Bertz CT molecular complexity index is 1180. The first-order valence-corrected chi connectivity index (χ1v) is 9.78. The zero-order chi connectivity index (χ0) is 20.2. The molecule has 0 aliphatic carbocycles. The number of nitrogens with one attached hydrogen (secondary N) is 1. The minimum atomic E-state index is -0.550. The summed E-state index contributed by atoms with van der Waals surface area (Å²) in [6.45, 7) is 1.56. The summed E-state index contributed by atoms with van der Waals surface area (Å²) in [6, 6.07) is 14.6. The first-order chi connectivity index (χ1) is 14.1. The van der Waals surface area contributed by atoms with Crippen LogP contribution in [0.15, 0.2) is 58.4 Å². The minimum absolute atomic E-state index is 0.0665. The van der Waals surface area contributed by atoms with Gasteiger partial charge in [-0.3, -0.25) is 9.59 Å². The van der Waals surface area contributed by atoms with E-state index in [0.29, 0.717) is 17.0 Å². The lowest BCUT2D eigenvalue weighted by Crippen LogP contribution is -2.21. The van der Waals surface area contributed by atoms with Gasteiger partial charge in [-0.05, 0) is 31.2 Å². The quantitative estimate of drug-likeness (QED) is 0.486. The Labute approximate surface area is 170 Å². The van der Waals surface area contributed by atoms with Crippen LogP contribution in [0, 0.1) is 6.92 Å². The summed E-state index contributed by atoms with van der Waals surface area (Å²) in [6.07, 6.45) is -0.0665. The van der Waals surface area contributed by atoms with Gasteiger partial charge in [0.2, 0.25) is 0 Å². The van der Waals surface area contributed by atoms with E-state index in [-0.39, 0.29) is 13.0 Å². The summed E-state index contributed by atoms with van der Waals surface area (Å²) in [7, 11) is 0. The van der Waals surface area contributed by atoms with Crippen LogP contribution in [0.25, 0.3) is 22.2 Å². The van der Waals surface area contributed by atoms with E-state index in [1.54, 1.807) is 23.5 Å². The van der Waals surface area contributed by atoms with Gasteiger partial charge in [0.25, 0.3) is 5.91 Å². The summed E-state index contributed by atoms with van der Waals surface area (Å²) in [5.41, 5.74) is 3.45. The fourth-order valence-electron chi connectivity index (χ4n) is 2.85. The van der Waals surface area contributed by atoms with Crippen LogP contribution in [0.2, 0.25) is 0 Å². The molecule has 29 heavy (non-hydrogen) atoms. The molecule has 4 aromatic rings. The average Bonchev–Trinajstić information content (AvgIpc) is 3.33. The third kappa shape index (κ3) is 4.49. The van der Waals surface area contributed by atoms with Gasteiger partial charge in [-0.25, -0.2) is 4.98 Å². The number of carbonyl (C=O) groups is 2. The second-order valence-electron chi connectivity index (χ2n) is 6.34. The molecule has 146 valence electrons. The largest absolute Gasteiger partial charge is 0.455 e. The third-order valence-corrected chi connectivity index (χ3v) is 4.96. The van der Waals surface area contributed by atoms with Crippen molar-refractivity contribution >= 4 is 39.9 Å². The van der Waals surface area contributed by atoms with E-state index in [0.717, 1.165) is 21.7 Å². The standard InChI is InChI=1S/C21H17N3O4S/c1-13-22-18(12-29-13)14-5-4-6-15(9-14)23-20(25)11-27-21(26)10-17-16-7-2-3-8-19(16)28-24-17/h2-9,12H,10-11H2,1H3,(H,23,25). The van der Waals surface area contributed by atoms with Crippen molar-refractivity contribution in [2.24, 2.45) is 0 Å². The lowest BCUT2D eigenvalue weighted by molar-refractivity contribution is -0.146. The van der Waals surface area contributed by atoms with E-state index in [1.165, 1.54) is 0 Å². The summed E-state index contributed by atoms with van der Waals surface area (Å²) >= 11 is 1.56. The van der Waals surface area contributed by atoms with Gasteiger partial charge in [-0.15, -0.1) is 11.3 Å². The SMILES string of the molecule is Cc1nc(-c2cccc(NC(=O)COC(=O)Cc3noc4ccccc34)c2)cs1. The number of hydrogen-bond acceptors (Lipinski definition) is 7. The molecule has 8 heteroatoms. The van der Waals surface area contributed by atoms with Crippen LogP contribution in [0.1, 0.15) is 10.7 Å². The van der Waals surface area contributed by atoms with Crippen LogP contribution < -0.4 is 5.32 Å². The number of hydrogen-bond donors (Lipinski definition) is 1. The molecule has 0 fully saturated rings. The van der Waals surface area contributed by atoms with Gasteiger partial charge in [0.15, 0.2) is 12.2 Å². The molecule has 0 aliphatic heterocycles. The van der Waals surface area contributed by atoms with Gasteiger partial charge < -0.3 is 14.6 Å². The van der Waals surface area contributed by atoms with Gasteiger partial charge in [-0.1, -0.05) is 29.4 Å². The highest BCUT2D eigenvalue weighted by molar-refractivity contribution is 7.09. The highest BCUT2D eigenvalue weighted by atomic mass is 32.1. The number of nitrogens with zero attached hydrogens (tertiary/aromatic N) is 2. The molecule has 0 saturated carbocycles. The number of thiazole rings is 1. The lowest BCUT2D eigenvalue weighted by Gasteiger charge is -2.07. The van der Waals surface area contributed by atoms with E-state index in [4.69, 9.17) is 9.26 Å². The predicted octanol–water partition coefficient (Wildman–Crippen LogP) is 3.98. The topological polar surface area (TPSA) is 94.3 Å². The van der Waals surface area contributed by atoms with Crippen molar-refractivity contribution in [2.75, 3.05) is 11.9 Å². The number of aromatic nitrogens is 2. The van der Waals surface area contributed by atoms with Crippen LogP contribution in [0.5, 0.6) is 0 Å². The van der Waals surface area contributed by atoms with Crippen molar-refractivity contribution in [1.29, 1.82) is 0 Å². The van der Waals surface area contributed by atoms with Gasteiger partial charge in [-0.2, -0.15) is 0 Å². The maximum atomic E-state index is 12.1. The maximum Gasteiger partial charge on any atom is 0.312 e. The van der Waals surface area contributed by atoms with Crippen molar-refractivity contribution in [2.45, 2.75) is 13.3 Å². The zero-order valence-corrected chi connectivity index (χ0v) is 16.4. The molecule has 7 nitrogen and oxygen atoms in total. The molecule has 1 N–H and O–H groups in total. The highest BCUT2D eigenvalue weighted by Gasteiger charge is 2.14. The first kappa shape index (κ1) is 18.8. The Kier molecular flexibility index (Phi) is 5.35. The van der Waals surface area contributed by atoms with Crippen LogP contribution >= 0.6 is 11.3 Å². The Morgan fingerprint density at radius 3 is 2.86 bits per heavy atom. The molecule has 0 atom stereocenters. The molecule has 0 spiro atoms. The van der Waals surface area contributed by atoms with Gasteiger partial charge in [0.05, 0.1) is 17.1 Å². The van der Waals surface area contributed by atoms with Gasteiger partial charge >= 0.3 is 5.97 Å². The third-order valence-electron chi connectivity index (χ3n) is 4.19. The summed E-state index contributed by atoms with van der Waals surface area (Å²) in [5.74, 6) is -0.971. The fraction of sp³-hybridized carbons (Fsp3) is 0.143. The molecular weight excluding hydrogens is 390 g/mol. The number of esters is 1. The molecule has 2 aromatic carbocycles. The number of anilines is 1. The van der Waals surface area contributed by atoms with Crippen molar-refractivity contribution in [3.8, 4) is 11.3 Å². The number of aryl methyl sites for hydroxylation is 1. The first-order valence-electron chi connectivity index (χ1n) is 8.90. The Hall–Kier alpha value is -3.52. The molecule has 0 unspecified atom stereocenters. The summed E-state index contributed by atoms with van der Waals surface area (Å²) in [5, 5.41) is 10.3. The Morgan fingerprint density at radius 2 is 2.03 bits per heavy atom. The van der Waals surface area contributed by atoms with Crippen molar-refractivity contribution < 1.29 is 18.8 Å².